The second kappa shape index (κ2) is 7.72. The summed E-state index contributed by atoms with van der Waals surface area (Å²) < 4.78 is 0. The molecule has 0 bridgehead atoms. The minimum absolute atomic E-state index is 0.0942. The molecule has 4 heterocycles. The van der Waals surface area contributed by atoms with Gasteiger partial charge in [-0.1, -0.05) is 18.6 Å². The van der Waals surface area contributed by atoms with Crippen molar-refractivity contribution in [3.8, 4) is 0 Å². The first kappa shape index (κ1) is 18.5. The quantitative estimate of drug-likeness (QED) is 0.720. The zero-order valence-corrected chi connectivity index (χ0v) is 17.2. The second-order valence-corrected chi connectivity index (χ2v) is 9.04. The second-order valence-electron chi connectivity index (χ2n) is 7.95. The van der Waals surface area contributed by atoms with Crippen LogP contribution in [0.5, 0.6) is 0 Å². The number of nitrogens with zero attached hydrogens (tertiary/aromatic N) is 4. The number of anilines is 1. The summed E-state index contributed by atoms with van der Waals surface area (Å²) in [4.78, 5) is 28.1. The smallest absolute Gasteiger partial charge is 0.254 e. The number of piperidine rings is 1. The fourth-order valence-corrected chi connectivity index (χ4v) is 5.65. The first-order chi connectivity index (χ1) is 14.2. The molecule has 2 aliphatic heterocycles. The highest BCUT2D eigenvalue weighted by atomic mass is 32.1. The van der Waals surface area contributed by atoms with Gasteiger partial charge in [0.15, 0.2) is 0 Å². The molecule has 0 spiro atoms. The van der Waals surface area contributed by atoms with Crippen LogP contribution in [-0.4, -0.2) is 45.3 Å². The molecule has 6 nitrogen and oxygen atoms in total. The third-order valence-corrected chi connectivity index (χ3v) is 7.13. The molecule has 2 aliphatic rings. The normalized spacial score (nSPS) is 17.4. The first-order valence-electron chi connectivity index (χ1n) is 10.3. The van der Waals surface area contributed by atoms with Crippen LogP contribution in [0.25, 0.3) is 10.2 Å². The van der Waals surface area contributed by atoms with Gasteiger partial charge in [0.05, 0.1) is 11.9 Å². The third kappa shape index (κ3) is 3.60. The molecule has 1 aromatic carbocycles. The van der Waals surface area contributed by atoms with Crippen LogP contribution >= 0.6 is 11.3 Å². The first-order valence-corrected chi connectivity index (χ1v) is 11.1. The lowest BCUT2D eigenvalue weighted by molar-refractivity contribution is 0.0737. The van der Waals surface area contributed by atoms with Crippen molar-refractivity contribution in [2.75, 3.05) is 25.4 Å². The van der Waals surface area contributed by atoms with Crippen molar-refractivity contribution in [1.82, 2.24) is 19.8 Å². The van der Waals surface area contributed by atoms with Crippen LogP contribution in [0, 0.1) is 0 Å². The molecule has 5 rings (SSSR count). The van der Waals surface area contributed by atoms with Crippen LogP contribution in [0.3, 0.4) is 0 Å². The molecule has 1 amide bonds. The minimum atomic E-state index is 0.0942. The Morgan fingerprint density at radius 2 is 1.86 bits per heavy atom. The lowest BCUT2D eigenvalue weighted by Gasteiger charge is -2.28. The van der Waals surface area contributed by atoms with Crippen LogP contribution in [0.2, 0.25) is 0 Å². The highest BCUT2D eigenvalue weighted by Gasteiger charge is 2.26. The number of fused-ring (bicyclic) bond motifs is 3. The highest BCUT2D eigenvalue weighted by Crippen LogP contribution is 2.36. The molecule has 7 heteroatoms. The van der Waals surface area contributed by atoms with E-state index in [-0.39, 0.29) is 5.91 Å². The Kier molecular flexibility index (Phi) is 4.93. The Morgan fingerprint density at radius 3 is 2.66 bits per heavy atom. The zero-order valence-electron chi connectivity index (χ0n) is 16.4. The summed E-state index contributed by atoms with van der Waals surface area (Å²) in [5.74, 6) is 0.633. The van der Waals surface area contributed by atoms with Crippen molar-refractivity contribution >= 4 is 33.3 Å². The Labute approximate surface area is 174 Å². The number of hydrogen-bond acceptors (Lipinski definition) is 6. The standard InChI is InChI=1S/C22H25N5OS/c23-20-19-17-8-11-27(13-18(17)29-21(19)25-14-24-20)22(28)16-6-4-15(5-7-16)12-26-9-2-1-3-10-26/h4-7,14H,1-3,8-13H2,(H2,23,24,25). The van der Waals surface area contributed by atoms with Gasteiger partial charge in [0.2, 0.25) is 0 Å². The van der Waals surface area contributed by atoms with Crippen molar-refractivity contribution in [2.45, 2.75) is 38.8 Å². The Bertz CT molecular complexity index is 1040. The van der Waals surface area contributed by atoms with Gasteiger partial charge in [-0.05, 0) is 55.6 Å². The van der Waals surface area contributed by atoms with E-state index in [4.69, 9.17) is 5.73 Å². The minimum Gasteiger partial charge on any atom is -0.383 e. The number of aromatic nitrogens is 2. The molecular weight excluding hydrogens is 382 g/mol. The maximum atomic E-state index is 13.1. The fourth-order valence-electron chi connectivity index (χ4n) is 4.44. The van der Waals surface area contributed by atoms with E-state index in [1.165, 1.54) is 54.7 Å². The summed E-state index contributed by atoms with van der Waals surface area (Å²) in [5.41, 5.74) is 9.32. The van der Waals surface area contributed by atoms with Crippen molar-refractivity contribution in [3.05, 3.63) is 52.2 Å². The number of hydrogen-bond donors (Lipinski definition) is 1. The average Bonchev–Trinajstić information content (AvgIpc) is 3.13. The maximum Gasteiger partial charge on any atom is 0.254 e. The van der Waals surface area contributed by atoms with E-state index in [9.17, 15) is 4.79 Å². The summed E-state index contributed by atoms with van der Waals surface area (Å²) in [6, 6.07) is 8.16. The molecule has 2 aromatic heterocycles. The number of rotatable bonds is 3. The fraction of sp³-hybridized carbons (Fsp3) is 0.409. The summed E-state index contributed by atoms with van der Waals surface area (Å²) >= 11 is 1.62. The van der Waals surface area contributed by atoms with E-state index in [2.05, 4.69) is 27.0 Å². The largest absolute Gasteiger partial charge is 0.383 e. The molecule has 29 heavy (non-hydrogen) atoms. The number of thiophene rings is 1. The van der Waals surface area contributed by atoms with Crippen LogP contribution in [0.1, 0.15) is 45.6 Å². The molecule has 0 unspecified atom stereocenters. The van der Waals surface area contributed by atoms with Crippen LogP contribution in [0.15, 0.2) is 30.6 Å². The number of amides is 1. The van der Waals surface area contributed by atoms with Gasteiger partial charge in [0, 0.05) is 23.5 Å². The zero-order chi connectivity index (χ0) is 19.8. The summed E-state index contributed by atoms with van der Waals surface area (Å²) in [5, 5.41) is 0.974. The third-order valence-electron chi connectivity index (χ3n) is 6.01. The van der Waals surface area contributed by atoms with E-state index >= 15 is 0 Å². The van der Waals surface area contributed by atoms with E-state index in [0.29, 0.717) is 18.9 Å². The van der Waals surface area contributed by atoms with E-state index < -0.39 is 0 Å². The van der Waals surface area contributed by atoms with Gasteiger partial charge in [-0.3, -0.25) is 9.69 Å². The molecule has 0 aliphatic carbocycles. The number of benzene rings is 1. The average molecular weight is 408 g/mol. The van der Waals surface area contributed by atoms with Gasteiger partial charge < -0.3 is 10.6 Å². The SMILES string of the molecule is Nc1ncnc2sc3c(c12)CCN(C(=O)c1ccc(CN2CCCCC2)cc1)C3. The topological polar surface area (TPSA) is 75.3 Å². The van der Waals surface area contributed by atoms with Gasteiger partial charge in [-0.25, -0.2) is 9.97 Å². The number of carbonyl (C=O) groups excluding carboxylic acids is 1. The van der Waals surface area contributed by atoms with Gasteiger partial charge in [0.1, 0.15) is 17.0 Å². The lowest BCUT2D eigenvalue weighted by atomic mass is 10.0. The number of nitrogens with two attached hydrogens (primary N) is 1. The molecule has 150 valence electrons. The van der Waals surface area contributed by atoms with E-state index in [1.54, 1.807) is 11.3 Å². The Morgan fingerprint density at radius 1 is 1.07 bits per heavy atom. The van der Waals surface area contributed by atoms with Crippen molar-refractivity contribution < 1.29 is 4.79 Å². The monoisotopic (exact) mass is 407 g/mol. The van der Waals surface area contributed by atoms with Gasteiger partial charge in [0.25, 0.3) is 5.91 Å². The molecule has 0 saturated carbocycles. The highest BCUT2D eigenvalue weighted by molar-refractivity contribution is 7.19. The summed E-state index contributed by atoms with van der Waals surface area (Å²) in [7, 11) is 0. The van der Waals surface area contributed by atoms with Crippen molar-refractivity contribution in [3.63, 3.8) is 0 Å². The lowest BCUT2D eigenvalue weighted by Crippen LogP contribution is -2.35. The molecule has 1 saturated heterocycles. The molecule has 2 N–H and O–H groups in total. The summed E-state index contributed by atoms with van der Waals surface area (Å²) in [6.45, 7) is 4.65. The number of carbonyl (C=O) groups is 1. The van der Waals surface area contributed by atoms with Crippen LogP contribution in [0.4, 0.5) is 5.82 Å². The van der Waals surface area contributed by atoms with Gasteiger partial charge in [-0.15, -0.1) is 11.3 Å². The van der Waals surface area contributed by atoms with Crippen molar-refractivity contribution in [1.29, 1.82) is 0 Å². The Balaban J connectivity index is 1.30. The maximum absolute atomic E-state index is 13.1. The summed E-state index contributed by atoms with van der Waals surface area (Å²) in [6.07, 6.45) is 6.24. The molecule has 0 radical (unpaired) electrons. The van der Waals surface area contributed by atoms with E-state index in [1.807, 2.05) is 17.0 Å². The predicted octanol–water partition coefficient (Wildman–Crippen LogP) is 3.46. The van der Waals surface area contributed by atoms with E-state index in [0.717, 1.165) is 28.7 Å². The predicted molar refractivity (Wildman–Crippen MR) is 116 cm³/mol. The van der Waals surface area contributed by atoms with Crippen LogP contribution < -0.4 is 5.73 Å². The molecule has 0 atom stereocenters. The van der Waals surface area contributed by atoms with Crippen LogP contribution in [-0.2, 0) is 19.5 Å². The van der Waals surface area contributed by atoms with Gasteiger partial charge in [-0.2, -0.15) is 0 Å². The Hall–Kier alpha value is -2.51. The molecule has 3 aromatic rings. The number of nitrogen functional groups attached to an aromatic ring is 1. The number of likely N-dealkylation sites (tertiary alicyclic amines) is 1. The van der Waals surface area contributed by atoms with Gasteiger partial charge >= 0.3 is 0 Å². The molecule has 1 fully saturated rings. The molecular formula is C22H25N5OS. The van der Waals surface area contributed by atoms with Crippen molar-refractivity contribution in [2.24, 2.45) is 0 Å².